The molecule has 2 heterocycles. The van der Waals surface area contributed by atoms with Crippen molar-refractivity contribution in [2.75, 3.05) is 13.1 Å². The van der Waals surface area contributed by atoms with Gasteiger partial charge in [-0.25, -0.2) is 4.68 Å². The maximum absolute atomic E-state index is 4.31. The average Bonchev–Trinajstić information content (AvgIpc) is 2.74. The van der Waals surface area contributed by atoms with Crippen molar-refractivity contribution in [1.82, 2.24) is 20.3 Å². The van der Waals surface area contributed by atoms with Crippen molar-refractivity contribution >= 4 is 11.0 Å². The van der Waals surface area contributed by atoms with Crippen molar-refractivity contribution in [3.05, 3.63) is 23.3 Å². The average molecular weight is 244 g/mol. The molecule has 1 aromatic carbocycles. The van der Waals surface area contributed by atoms with E-state index in [0.29, 0.717) is 5.92 Å². The molecular weight excluding hydrogens is 224 g/mol. The van der Waals surface area contributed by atoms with Crippen LogP contribution in [-0.4, -0.2) is 28.1 Å². The van der Waals surface area contributed by atoms with Gasteiger partial charge in [0.25, 0.3) is 0 Å². The molecule has 0 bridgehead atoms. The lowest BCUT2D eigenvalue weighted by Gasteiger charge is -2.22. The molecule has 1 aromatic heterocycles. The highest BCUT2D eigenvalue weighted by Gasteiger charge is 2.15. The van der Waals surface area contributed by atoms with Gasteiger partial charge in [0.15, 0.2) is 0 Å². The number of aryl methyl sites for hydroxylation is 2. The molecule has 1 saturated heterocycles. The Labute approximate surface area is 107 Å². The highest BCUT2D eigenvalue weighted by atomic mass is 15.4. The van der Waals surface area contributed by atoms with E-state index in [0.717, 1.165) is 25.2 Å². The maximum atomic E-state index is 4.31. The van der Waals surface area contributed by atoms with E-state index in [4.69, 9.17) is 0 Å². The van der Waals surface area contributed by atoms with Crippen molar-refractivity contribution < 1.29 is 0 Å². The lowest BCUT2D eigenvalue weighted by atomic mass is 10.00. The largest absolute Gasteiger partial charge is 0.316 e. The van der Waals surface area contributed by atoms with Gasteiger partial charge >= 0.3 is 0 Å². The van der Waals surface area contributed by atoms with E-state index in [1.165, 1.54) is 29.5 Å². The van der Waals surface area contributed by atoms with E-state index in [9.17, 15) is 0 Å². The fourth-order valence-electron chi connectivity index (χ4n) is 2.68. The second-order valence-electron chi connectivity index (χ2n) is 5.41. The van der Waals surface area contributed by atoms with Crippen LogP contribution < -0.4 is 5.32 Å². The number of rotatable bonds is 2. The highest BCUT2D eigenvalue weighted by molar-refractivity contribution is 5.76. The molecule has 1 unspecified atom stereocenters. The normalized spacial score (nSPS) is 20.4. The zero-order valence-corrected chi connectivity index (χ0v) is 11.1. The van der Waals surface area contributed by atoms with Gasteiger partial charge in [-0.1, -0.05) is 5.21 Å². The first kappa shape index (κ1) is 11.7. The molecule has 4 nitrogen and oxygen atoms in total. The van der Waals surface area contributed by atoms with Gasteiger partial charge in [-0.05, 0) is 69.0 Å². The molecule has 18 heavy (non-hydrogen) atoms. The van der Waals surface area contributed by atoms with Crippen LogP contribution in [-0.2, 0) is 6.54 Å². The quantitative estimate of drug-likeness (QED) is 0.879. The van der Waals surface area contributed by atoms with Gasteiger partial charge in [0.1, 0.15) is 5.52 Å². The molecule has 1 aliphatic heterocycles. The van der Waals surface area contributed by atoms with Gasteiger partial charge in [-0.3, -0.25) is 0 Å². The molecule has 4 heteroatoms. The Morgan fingerprint density at radius 2 is 2.17 bits per heavy atom. The predicted molar refractivity (Wildman–Crippen MR) is 72.6 cm³/mol. The molecule has 1 N–H and O–H groups in total. The van der Waals surface area contributed by atoms with Gasteiger partial charge in [0.2, 0.25) is 0 Å². The van der Waals surface area contributed by atoms with Gasteiger partial charge < -0.3 is 5.32 Å². The molecule has 1 atom stereocenters. The Bertz CT molecular complexity index is 552. The second-order valence-corrected chi connectivity index (χ2v) is 5.41. The zero-order chi connectivity index (χ0) is 12.5. The molecule has 0 amide bonds. The Hall–Kier alpha value is -1.42. The van der Waals surface area contributed by atoms with Gasteiger partial charge in [0, 0.05) is 6.54 Å². The highest BCUT2D eigenvalue weighted by Crippen LogP contribution is 2.19. The Kier molecular flexibility index (Phi) is 3.04. The molecule has 1 aliphatic rings. The minimum atomic E-state index is 0.685. The third-order valence-corrected chi connectivity index (χ3v) is 3.96. The molecule has 0 radical (unpaired) electrons. The summed E-state index contributed by atoms with van der Waals surface area (Å²) in [6.07, 6.45) is 2.56. The summed E-state index contributed by atoms with van der Waals surface area (Å²) in [6, 6.07) is 4.34. The number of nitrogens with one attached hydrogen (secondary N) is 1. The Morgan fingerprint density at radius 3 is 2.94 bits per heavy atom. The molecule has 1 fully saturated rings. The van der Waals surface area contributed by atoms with Crippen molar-refractivity contribution in [3.63, 3.8) is 0 Å². The molecular formula is C14H20N4. The minimum Gasteiger partial charge on any atom is -0.316 e. The number of piperidine rings is 1. The van der Waals surface area contributed by atoms with E-state index < -0.39 is 0 Å². The van der Waals surface area contributed by atoms with Gasteiger partial charge in [-0.2, -0.15) is 0 Å². The Balaban J connectivity index is 1.89. The van der Waals surface area contributed by atoms with E-state index in [-0.39, 0.29) is 0 Å². The van der Waals surface area contributed by atoms with Crippen LogP contribution in [0, 0.1) is 19.8 Å². The number of hydrogen-bond acceptors (Lipinski definition) is 3. The summed E-state index contributed by atoms with van der Waals surface area (Å²) in [5.74, 6) is 0.685. The third-order valence-electron chi connectivity index (χ3n) is 3.96. The number of aromatic nitrogens is 3. The van der Waals surface area contributed by atoms with Crippen molar-refractivity contribution in [1.29, 1.82) is 0 Å². The van der Waals surface area contributed by atoms with Crippen LogP contribution >= 0.6 is 0 Å². The van der Waals surface area contributed by atoms with E-state index >= 15 is 0 Å². The van der Waals surface area contributed by atoms with Crippen LogP contribution in [0.4, 0.5) is 0 Å². The third kappa shape index (κ3) is 2.12. The molecule has 2 aromatic rings. The maximum Gasteiger partial charge on any atom is 0.113 e. The first-order valence-corrected chi connectivity index (χ1v) is 6.75. The van der Waals surface area contributed by atoms with Crippen molar-refractivity contribution in [2.45, 2.75) is 33.2 Å². The summed E-state index contributed by atoms with van der Waals surface area (Å²) < 4.78 is 2.07. The van der Waals surface area contributed by atoms with Crippen LogP contribution in [0.15, 0.2) is 12.1 Å². The van der Waals surface area contributed by atoms with Crippen molar-refractivity contribution in [2.24, 2.45) is 5.92 Å². The standard InChI is InChI=1S/C14H20N4/c1-10-6-13-14(7-11(10)2)18(17-16-13)9-12-4-3-5-15-8-12/h6-7,12,15H,3-5,8-9H2,1-2H3. The first-order valence-electron chi connectivity index (χ1n) is 6.75. The van der Waals surface area contributed by atoms with Crippen LogP contribution in [0.3, 0.4) is 0 Å². The first-order chi connectivity index (χ1) is 8.74. The molecule has 0 spiro atoms. The SMILES string of the molecule is Cc1cc2nnn(CC3CCCNC3)c2cc1C. The fourth-order valence-corrected chi connectivity index (χ4v) is 2.68. The lowest BCUT2D eigenvalue weighted by molar-refractivity contribution is 0.326. The molecule has 96 valence electrons. The topological polar surface area (TPSA) is 42.7 Å². The van der Waals surface area contributed by atoms with E-state index in [1.807, 2.05) is 0 Å². The van der Waals surface area contributed by atoms with Crippen LogP contribution in [0.2, 0.25) is 0 Å². The number of benzene rings is 1. The molecule has 0 saturated carbocycles. The number of nitrogens with zero attached hydrogens (tertiary/aromatic N) is 3. The summed E-state index contributed by atoms with van der Waals surface area (Å²) in [7, 11) is 0. The summed E-state index contributed by atoms with van der Waals surface area (Å²) in [6.45, 7) is 7.51. The number of hydrogen-bond donors (Lipinski definition) is 1. The van der Waals surface area contributed by atoms with Crippen LogP contribution in [0.5, 0.6) is 0 Å². The monoisotopic (exact) mass is 244 g/mol. The zero-order valence-electron chi connectivity index (χ0n) is 11.1. The molecule has 0 aliphatic carbocycles. The summed E-state index contributed by atoms with van der Waals surface area (Å²) >= 11 is 0. The number of fused-ring (bicyclic) bond motifs is 1. The molecule has 3 rings (SSSR count). The van der Waals surface area contributed by atoms with Crippen LogP contribution in [0.25, 0.3) is 11.0 Å². The smallest absolute Gasteiger partial charge is 0.113 e. The van der Waals surface area contributed by atoms with Gasteiger partial charge in [-0.15, -0.1) is 5.10 Å². The summed E-state index contributed by atoms with van der Waals surface area (Å²) in [5, 5.41) is 12.0. The van der Waals surface area contributed by atoms with Crippen LogP contribution in [0.1, 0.15) is 24.0 Å². The fraction of sp³-hybridized carbons (Fsp3) is 0.571. The minimum absolute atomic E-state index is 0.685. The lowest BCUT2D eigenvalue weighted by Crippen LogP contribution is -2.32. The van der Waals surface area contributed by atoms with Gasteiger partial charge in [0.05, 0.1) is 5.52 Å². The van der Waals surface area contributed by atoms with E-state index in [1.54, 1.807) is 0 Å². The summed E-state index contributed by atoms with van der Waals surface area (Å²) in [4.78, 5) is 0. The summed E-state index contributed by atoms with van der Waals surface area (Å²) in [5.41, 5.74) is 4.78. The predicted octanol–water partition coefficient (Wildman–Crippen LogP) is 2.05. The Morgan fingerprint density at radius 1 is 1.33 bits per heavy atom. The second kappa shape index (κ2) is 4.69. The van der Waals surface area contributed by atoms with Crippen molar-refractivity contribution in [3.8, 4) is 0 Å². The van der Waals surface area contributed by atoms with E-state index in [2.05, 4.69) is 46.3 Å².